The molecule has 19 heavy (non-hydrogen) atoms. The Kier molecular flexibility index (Phi) is 5.11. The average molecular weight is 263 g/mol. The van der Waals surface area contributed by atoms with Gasteiger partial charge in [-0.25, -0.2) is 0 Å². The first-order valence-corrected chi connectivity index (χ1v) is 6.47. The van der Waals surface area contributed by atoms with Gasteiger partial charge in [0.2, 0.25) is 0 Å². The molecule has 0 bridgehead atoms. The molecular formula is C13H21N5O. The molecule has 2 aromatic rings. The van der Waals surface area contributed by atoms with Crippen molar-refractivity contribution in [3.8, 4) is 0 Å². The number of nitrogens with one attached hydrogen (secondary N) is 1. The lowest BCUT2D eigenvalue weighted by Gasteiger charge is -2.03. The normalized spacial score (nSPS) is 11.1. The van der Waals surface area contributed by atoms with Gasteiger partial charge in [0.1, 0.15) is 0 Å². The first-order valence-electron chi connectivity index (χ1n) is 6.47. The number of methoxy groups -OCH3 is 1. The number of ether oxygens (including phenoxy) is 1. The molecule has 6 heteroatoms. The van der Waals surface area contributed by atoms with Crippen molar-refractivity contribution < 1.29 is 4.74 Å². The Bertz CT molecular complexity index is 491. The predicted molar refractivity (Wildman–Crippen MR) is 72.7 cm³/mol. The van der Waals surface area contributed by atoms with E-state index in [0.29, 0.717) is 0 Å². The van der Waals surface area contributed by atoms with Crippen molar-refractivity contribution in [1.29, 1.82) is 0 Å². The highest BCUT2D eigenvalue weighted by Gasteiger charge is 2.01. The van der Waals surface area contributed by atoms with Gasteiger partial charge in [-0.05, 0) is 6.07 Å². The molecule has 2 rings (SSSR count). The molecule has 0 fully saturated rings. The second kappa shape index (κ2) is 7.06. The van der Waals surface area contributed by atoms with Crippen LogP contribution in [0.1, 0.15) is 11.3 Å². The summed E-state index contributed by atoms with van der Waals surface area (Å²) in [6, 6.07) is 2.04. The third-order valence-corrected chi connectivity index (χ3v) is 3.02. The van der Waals surface area contributed by atoms with Gasteiger partial charge in [-0.3, -0.25) is 9.36 Å². The van der Waals surface area contributed by atoms with Crippen LogP contribution in [0.4, 0.5) is 0 Å². The second-order valence-corrected chi connectivity index (χ2v) is 4.48. The minimum Gasteiger partial charge on any atom is -0.383 e. The van der Waals surface area contributed by atoms with Crippen molar-refractivity contribution in [2.24, 2.45) is 7.05 Å². The van der Waals surface area contributed by atoms with E-state index in [0.717, 1.165) is 32.7 Å². The van der Waals surface area contributed by atoms with Gasteiger partial charge in [0, 0.05) is 63.9 Å². The fourth-order valence-electron chi connectivity index (χ4n) is 1.90. The molecule has 104 valence electrons. The molecule has 0 radical (unpaired) electrons. The third kappa shape index (κ3) is 4.18. The van der Waals surface area contributed by atoms with Gasteiger partial charge >= 0.3 is 0 Å². The smallest absolute Gasteiger partial charge is 0.0587 e. The van der Waals surface area contributed by atoms with Crippen molar-refractivity contribution in [3.63, 3.8) is 0 Å². The van der Waals surface area contributed by atoms with E-state index in [2.05, 4.69) is 21.7 Å². The van der Waals surface area contributed by atoms with E-state index >= 15 is 0 Å². The van der Waals surface area contributed by atoms with E-state index in [-0.39, 0.29) is 0 Å². The fourth-order valence-corrected chi connectivity index (χ4v) is 1.90. The molecule has 6 nitrogen and oxygen atoms in total. The lowest BCUT2D eigenvalue weighted by atomic mass is 10.3. The van der Waals surface area contributed by atoms with Crippen LogP contribution in [0.25, 0.3) is 0 Å². The van der Waals surface area contributed by atoms with Crippen LogP contribution < -0.4 is 5.32 Å². The van der Waals surface area contributed by atoms with Crippen LogP contribution in [0.5, 0.6) is 0 Å². The van der Waals surface area contributed by atoms with Gasteiger partial charge in [-0.15, -0.1) is 0 Å². The van der Waals surface area contributed by atoms with Crippen molar-refractivity contribution >= 4 is 0 Å². The summed E-state index contributed by atoms with van der Waals surface area (Å²) in [5, 5.41) is 11.8. The summed E-state index contributed by atoms with van der Waals surface area (Å²) in [6.07, 6.45) is 6.75. The average Bonchev–Trinajstić information content (AvgIpc) is 3.01. The largest absolute Gasteiger partial charge is 0.383 e. The summed E-state index contributed by atoms with van der Waals surface area (Å²) in [4.78, 5) is 0. The highest BCUT2D eigenvalue weighted by molar-refractivity contribution is 5.04. The Morgan fingerprint density at radius 1 is 1.37 bits per heavy atom. The van der Waals surface area contributed by atoms with Crippen LogP contribution in [0.3, 0.4) is 0 Å². The molecule has 0 aliphatic rings. The maximum absolute atomic E-state index is 4.98. The Labute approximate surface area is 113 Å². The Morgan fingerprint density at radius 3 is 3.00 bits per heavy atom. The maximum atomic E-state index is 4.98. The van der Waals surface area contributed by atoms with Crippen molar-refractivity contribution in [2.75, 3.05) is 20.3 Å². The van der Waals surface area contributed by atoms with Crippen LogP contribution in [0.15, 0.2) is 24.7 Å². The third-order valence-electron chi connectivity index (χ3n) is 3.02. The highest BCUT2D eigenvalue weighted by atomic mass is 16.5. The van der Waals surface area contributed by atoms with Gasteiger partial charge in [-0.1, -0.05) is 0 Å². The molecular weight excluding hydrogens is 242 g/mol. The predicted octanol–water partition coefficient (Wildman–Crippen LogP) is 0.595. The number of rotatable bonds is 8. The molecule has 0 amide bonds. The number of aromatic nitrogens is 4. The lowest BCUT2D eigenvalue weighted by molar-refractivity contribution is 0.199. The van der Waals surface area contributed by atoms with Crippen LogP contribution >= 0.6 is 0 Å². The SMILES string of the molecule is COCCNCc1cnn(CCc2ccnn2C)c1. The number of hydrogen-bond donors (Lipinski definition) is 1. The summed E-state index contributed by atoms with van der Waals surface area (Å²) in [5.41, 5.74) is 2.41. The zero-order chi connectivity index (χ0) is 13.5. The molecule has 2 aromatic heterocycles. The monoisotopic (exact) mass is 263 g/mol. The number of nitrogens with zero attached hydrogens (tertiary/aromatic N) is 4. The lowest BCUT2D eigenvalue weighted by Crippen LogP contribution is -2.18. The first kappa shape index (κ1) is 13.8. The van der Waals surface area contributed by atoms with E-state index in [1.165, 1.54) is 11.3 Å². The van der Waals surface area contributed by atoms with E-state index < -0.39 is 0 Å². The van der Waals surface area contributed by atoms with Crippen LogP contribution in [-0.2, 0) is 31.3 Å². The molecule has 0 saturated carbocycles. The molecule has 0 aromatic carbocycles. The van der Waals surface area contributed by atoms with E-state index in [1.807, 2.05) is 34.9 Å². The molecule has 0 aliphatic carbocycles. The van der Waals surface area contributed by atoms with Crippen molar-refractivity contribution in [1.82, 2.24) is 24.9 Å². The molecule has 0 spiro atoms. The molecule has 0 unspecified atom stereocenters. The highest BCUT2D eigenvalue weighted by Crippen LogP contribution is 2.02. The Balaban J connectivity index is 1.76. The number of hydrogen-bond acceptors (Lipinski definition) is 4. The minimum atomic E-state index is 0.731. The summed E-state index contributed by atoms with van der Waals surface area (Å²) < 4.78 is 8.86. The van der Waals surface area contributed by atoms with Crippen LogP contribution in [0, 0.1) is 0 Å². The minimum absolute atomic E-state index is 0.731. The first-order chi connectivity index (χ1) is 9.29. The summed E-state index contributed by atoms with van der Waals surface area (Å²) >= 11 is 0. The Morgan fingerprint density at radius 2 is 2.26 bits per heavy atom. The molecule has 2 heterocycles. The van der Waals surface area contributed by atoms with E-state index in [9.17, 15) is 0 Å². The van der Waals surface area contributed by atoms with Gasteiger partial charge in [0.25, 0.3) is 0 Å². The van der Waals surface area contributed by atoms with Crippen LogP contribution in [-0.4, -0.2) is 39.8 Å². The zero-order valence-corrected chi connectivity index (χ0v) is 11.5. The van der Waals surface area contributed by atoms with Gasteiger partial charge < -0.3 is 10.1 Å². The van der Waals surface area contributed by atoms with E-state index in [1.54, 1.807) is 7.11 Å². The van der Waals surface area contributed by atoms with E-state index in [4.69, 9.17) is 4.74 Å². The number of aryl methyl sites for hydroxylation is 3. The van der Waals surface area contributed by atoms with Gasteiger partial charge in [-0.2, -0.15) is 10.2 Å². The standard InChI is InChI=1S/C13H21N5O/c1-17-13(3-5-15-17)4-7-18-11-12(10-16-18)9-14-6-8-19-2/h3,5,10-11,14H,4,6-9H2,1-2H3. The van der Waals surface area contributed by atoms with Gasteiger partial charge in [0.05, 0.1) is 12.8 Å². The molecule has 0 aliphatic heterocycles. The summed E-state index contributed by atoms with van der Waals surface area (Å²) in [6.45, 7) is 3.29. The maximum Gasteiger partial charge on any atom is 0.0587 e. The van der Waals surface area contributed by atoms with Crippen molar-refractivity contribution in [2.45, 2.75) is 19.5 Å². The summed E-state index contributed by atoms with van der Waals surface area (Å²) in [5.74, 6) is 0. The fraction of sp³-hybridized carbons (Fsp3) is 0.538. The topological polar surface area (TPSA) is 56.9 Å². The molecule has 0 saturated heterocycles. The van der Waals surface area contributed by atoms with Gasteiger partial charge in [0.15, 0.2) is 0 Å². The zero-order valence-electron chi connectivity index (χ0n) is 11.5. The van der Waals surface area contributed by atoms with Crippen molar-refractivity contribution in [3.05, 3.63) is 35.9 Å². The molecule has 0 atom stereocenters. The van der Waals surface area contributed by atoms with Crippen LogP contribution in [0.2, 0.25) is 0 Å². The quantitative estimate of drug-likeness (QED) is 0.708. The Hall–Kier alpha value is -1.66. The molecule has 1 N–H and O–H groups in total. The second-order valence-electron chi connectivity index (χ2n) is 4.48. The summed E-state index contributed by atoms with van der Waals surface area (Å²) in [7, 11) is 3.67.